The molecule has 1 aromatic heterocycles. The van der Waals surface area contributed by atoms with Crippen LogP contribution in [0.2, 0.25) is 0 Å². The fourth-order valence-corrected chi connectivity index (χ4v) is 2.10. The molecule has 0 bridgehead atoms. The zero-order chi connectivity index (χ0) is 11.7. The molecular formula is C14H22O2. The molecule has 0 aliphatic heterocycles. The topological polar surface area (TPSA) is 33.4 Å². The van der Waals surface area contributed by atoms with Crippen LogP contribution < -0.4 is 0 Å². The van der Waals surface area contributed by atoms with Crippen LogP contribution in [0.15, 0.2) is 16.5 Å². The Labute approximate surface area is 97.7 Å². The van der Waals surface area contributed by atoms with E-state index in [2.05, 4.69) is 20.8 Å². The highest BCUT2D eigenvalue weighted by Gasteiger charge is 2.36. The van der Waals surface area contributed by atoms with Gasteiger partial charge in [0.2, 0.25) is 0 Å². The van der Waals surface area contributed by atoms with E-state index in [-0.39, 0.29) is 0 Å². The minimum atomic E-state index is -0.426. The number of aliphatic hydroxyl groups excluding tert-OH is 1. The van der Waals surface area contributed by atoms with Crippen LogP contribution in [-0.2, 0) is 0 Å². The van der Waals surface area contributed by atoms with E-state index in [9.17, 15) is 5.11 Å². The van der Waals surface area contributed by atoms with Gasteiger partial charge in [0.1, 0.15) is 17.6 Å². The maximum atomic E-state index is 9.96. The van der Waals surface area contributed by atoms with Gasteiger partial charge in [-0.1, -0.05) is 20.8 Å². The van der Waals surface area contributed by atoms with Crippen LogP contribution >= 0.6 is 0 Å². The monoisotopic (exact) mass is 222 g/mol. The van der Waals surface area contributed by atoms with Crippen molar-refractivity contribution in [2.75, 3.05) is 0 Å². The van der Waals surface area contributed by atoms with Crippen molar-refractivity contribution in [3.05, 3.63) is 23.7 Å². The highest BCUT2D eigenvalue weighted by atomic mass is 16.4. The molecule has 0 radical (unpaired) electrons. The van der Waals surface area contributed by atoms with Gasteiger partial charge in [-0.2, -0.15) is 0 Å². The van der Waals surface area contributed by atoms with Gasteiger partial charge in [0.25, 0.3) is 0 Å². The number of hydrogen-bond acceptors (Lipinski definition) is 2. The molecule has 1 aliphatic carbocycles. The van der Waals surface area contributed by atoms with Gasteiger partial charge in [-0.3, -0.25) is 0 Å². The zero-order valence-electron chi connectivity index (χ0n) is 10.4. The van der Waals surface area contributed by atoms with E-state index >= 15 is 0 Å². The maximum absolute atomic E-state index is 9.96. The molecule has 1 heterocycles. The average molecular weight is 222 g/mol. The largest absolute Gasteiger partial charge is 0.463 e. The molecule has 3 atom stereocenters. The van der Waals surface area contributed by atoms with E-state index in [0.29, 0.717) is 11.8 Å². The van der Waals surface area contributed by atoms with Crippen LogP contribution in [0.5, 0.6) is 0 Å². The molecule has 1 aromatic rings. The number of aliphatic hydroxyl groups is 1. The Bertz CT molecular complexity index is 340. The Morgan fingerprint density at radius 2 is 2.06 bits per heavy atom. The van der Waals surface area contributed by atoms with Crippen LogP contribution in [0.3, 0.4) is 0 Å². The summed E-state index contributed by atoms with van der Waals surface area (Å²) in [5.74, 6) is 3.80. The van der Waals surface area contributed by atoms with Crippen molar-refractivity contribution in [1.82, 2.24) is 0 Å². The molecule has 1 fully saturated rings. The zero-order valence-corrected chi connectivity index (χ0v) is 10.4. The van der Waals surface area contributed by atoms with Crippen molar-refractivity contribution >= 4 is 0 Å². The SMILES string of the molecule is CC(C)CCC(O)c1ccc(C2CC2C)o1. The van der Waals surface area contributed by atoms with Gasteiger partial charge in [-0.15, -0.1) is 0 Å². The Hall–Kier alpha value is -0.760. The van der Waals surface area contributed by atoms with Gasteiger partial charge in [-0.05, 0) is 43.2 Å². The van der Waals surface area contributed by atoms with Gasteiger partial charge >= 0.3 is 0 Å². The summed E-state index contributed by atoms with van der Waals surface area (Å²) < 4.78 is 5.72. The second-order valence-electron chi connectivity index (χ2n) is 5.55. The smallest absolute Gasteiger partial charge is 0.132 e. The molecule has 1 aliphatic rings. The van der Waals surface area contributed by atoms with Crippen molar-refractivity contribution in [2.45, 2.75) is 52.1 Å². The predicted molar refractivity (Wildman–Crippen MR) is 64.3 cm³/mol. The molecule has 1 saturated carbocycles. The first kappa shape index (κ1) is 11.7. The lowest BCUT2D eigenvalue weighted by Crippen LogP contribution is -1.98. The van der Waals surface area contributed by atoms with Crippen LogP contribution in [0.4, 0.5) is 0 Å². The second kappa shape index (κ2) is 4.62. The third kappa shape index (κ3) is 2.67. The predicted octanol–water partition coefficient (Wildman–Crippen LogP) is 3.87. The summed E-state index contributed by atoms with van der Waals surface area (Å²) in [5, 5.41) is 9.96. The summed E-state index contributed by atoms with van der Waals surface area (Å²) in [6.07, 6.45) is 2.64. The van der Waals surface area contributed by atoms with Gasteiger partial charge in [0.05, 0.1) is 0 Å². The van der Waals surface area contributed by atoms with Gasteiger partial charge in [-0.25, -0.2) is 0 Å². The standard InChI is InChI=1S/C14H22O2/c1-9(2)4-5-12(15)14-7-6-13(16-14)11-8-10(11)3/h6-7,9-12,15H,4-5,8H2,1-3H3. The van der Waals surface area contributed by atoms with Crippen molar-refractivity contribution in [3.63, 3.8) is 0 Å². The third-order valence-corrected chi connectivity index (χ3v) is 3.47. The molecule has 90 valence electrons. The first-order valence-electron chi connectivity index (χ1n) is 6.35. The van der Waals surface area contributed by atoms with E-state index in [0.717, 1.165) is 30.3 Å². The van der Waals surface area contributed by atoms with E-state index in [4.69, 9.17) is 4.42 Å². The summed E-state index contributed by atoms with van der Waals surface area (Å²) in [5.41, 5.74) is 0. The minimum absolute atomic E-state index is 0.426. The minimum Gasteiger partial charge on any atom is -0.463 e. The molecule has 0 amide bonds. The summed E-state index contributed by atoms with van der Waals surface area (Å²) in [6.45, 7) is 6.58. The molecular weight excluding hydrogens is 200 g/mol. The Kier molecular flexibility index (Phi) is 3.38. The van der Waals surface area contributed by atoms with Crippen molar-refractivity contribution in [1.29, 1.82) is 0 Å². The lowest BCUT2D eigenvalue weighted by Gasteiger charge is -2.09. The highest BCUT2D eigenvalue weighted by Crippen LogP contribution is 2.47. The number of furan rings is 1. The first-order chi connectivity index (χ1) is 7.58. The van der Waals surface area contributed by atoms with Gasteiger partial charge in [0, 0.05) is 5.92 Å². The molecule has 3 unspecified atom stereocenters. The molecule has 2 heteroatoms. The average Bonchev–Trinajstić information content (AvgIpc) is 2.80. The summed E-state index contributed by atoms with van der Waals surface area (Å²) in [4.78, 5) is 0. The van der Waals surface area contributed by atoms with Crippen molar-refractivity contribution in [3.8, 4) is 0 Å². The highest BCUT2D eigenvalue weighted by molar-refractivity contribution is 5.18. The fraction of sp³-hybridized carbons (Fsp3) is 0.714. The summed E-state index contributed by atoms with van der Waals surface area (Å²) in [7, 11) is 0. The molecule has 1 N–H and O–H groups in total. The number of rotatable bonds is 5. The van der Waals surface area contributed by atoms with E-state index < -0.39 is 6.10 Å². The fourth-order valence-electron chi connectivity index (χ4n) is 2.10. The first-order valence-corrected chi connectivity index (χ1v) is 6.35. The second-order valence-corrected chi connectivity index (χ2v) is 5.55. The van der Waals surface area contributed by atoms with Crippen LogP contribution in [0.25, 0.3) is 0 Å². The van der Waals surface area contributed by atoms with Gasteiger partial charge < -0.3 is 9.52 Å². The van der Waals surface area contributed by atoms with Gasteiger partial charge in [0.15, 0.2) is 0 Å². The lowest BCUT2D eigenvalue weighted by molar-refractivity contribution is 0.131. The van der Waals surface area contributed by atoms with Crippen LogP contribution in [-0.4, -0.2) is 5.11 Å². The van der Waals surface area contributed by atoms with E-state index in [1.54, 1.807) is 0 Å². The lowest BCUT2D eigenvalue weighted by atomic mass is 10.0. The Morgan fingerprint density at radius 1 is 1.38 bits per heavy atom. The normalized spacial score (nSPS) is 26.1. The Balaban J connectivity index is 1.91. The van der Waals surface area contributed by atoms with Crippen molar-refractivity contribution < 1.29 is 9.52 Å². The molecule has 0 saturated heterocycles. The van der Waals surface area contributed by atoms with Crippen LogP contribution in [0, 0.1) is 11.8 Å². The van der Waals surface area contributed by atoms with Crippen molar-refractivity contribution in [2.24, 2.45) is 11.8 Å². The maximum Gasteiger partial charge on any atom is 0.132 e. The molecule has 0 aromatic carbocycles. The molecule has 2 rings (SSSR count). The summed E-state index contributed by atoms with van der Waals surface area (Å²) >= 11 is 0. The summed E-state index contributed by atoms with van der Waals surface area (Å²) in [6, 6.07) is 3.97. The third-order valence-electron chi connectivity index (χ3n) is 3.47. The van der Waals surface area contributed by atoms with Crippen LogP contribution in [0.1, 0.15) is 63.6 Å². The van der Waals surface area contributed by atoms with E-state index in [1.165, 1.54) is 6.42 Å². The van der Waals surface area contributed by atoms with E-state index in [1.807, 2.05) is 12.1 Å². The molecule has 0 spiro atoms. The Morgan fingerprint density at radius 3 is 2.62 bits per heavy atom. The quantitative estimate of drug-likeness (QED) is 0.820. The molecule has 2 nitrogen and oxygen atoms in total. The molecule has 16 heavy (non-hydrogen) atoms. The number of hydrogen-bond donors (Lipinski definition) is 1.